The number of benzene rings is 1. The second-order valence-electron chi connectivity index (χ2n) is 4.60. The third kappa shape index (κ3) is 2.81. The van der Waals surface area contributed by atoms with Gasteiger partial charge in [-0.15, -0.1) is 0 Å². The Hall–Kier alpha value is -1.14. The van der Waals surface area contributed by atoms with Crippen LogP contribution in [0.4, 0.5) is 11.4 Å². The van der Waals surface area contributed by atoms with Crippen molar-refractivity contribution in [2.24, 2.45) is 11.7 Å². The topological polar surface area (TPSA) is 81.2 Å². The number of hydrogen-bond acceptors (Lipinski definition) is 4. The van der Waals surface area contributed by atoms with E-state index in [9.17, 15) is 10.1 Å². The van der Waals surface area contributed by atoms with E-state index in [1.165, 1.54) is 18.6 Å². The largest absolute Gasteiger partial charge is 0.381 e. The van der Waals surface area contributed by atoms with Crippen molar-refractivity contribution in [3.05, 3.63) is 32.8 Å². The van der Waals surface area contributed by atoms with Gasteiger partial charge in [-0.1, -0.05) is 6.42 Å². The molecule has 0 bridgehead atoms. The number of hydrogen-bond donors (Lipinski definition) is 2. The molecule has 2 rings (SSSR count). The molecule has 0 aromatic heterocycles. The molecule has 3 N–H and O–H groups in total. The lowest BCUT2D eigenvalue weighted by Crippen LogP contribution is -2.29. The maximum absolute atomic E-state index is 10.7. The summed E-state index contributed by atoms with van der Waals surface area (Å²) in [7, 11) is 0. The maximum atomic E-state index is 10.7. The van der Waals surface area contributed by atoms with Crippen LogP contribution in [0.3, 0.4) is 0 Å². The highest BCUT2D eigenvalue weighted by Crippen LogP contribution is 2.32. The van der Waals surface area contributed by atoms with E-state index < -0.39 is 4.92 Å². The first kappa shape index (κ1) is 13.3. The molecule has 6 heteroatoms. The minimum absolute atomic E-state index is 0.0919. The molecular weight excluding hydrogens is 298 g/mol. The molecule has 1 aromatic carbocycles. The van der Waals surface area contributed by atoms with Crippen LogP contribution < -0.4 is 11.1 Å². The Morgan fingerprint density at radius 1 is 1.50 bits per heavy atom. The number of non-ortho nitro benzene ring substituents is 1. The van der Waals surface area contributed by atoms with E-state index in [-0.39, 0.29) is 5.69 Å². The summed E-state index contributed by atoms with van der Waals surface area (Å²) in [6, 6.07) is 5.15. The number of nitro groups is 1. The molecule has 0 amide bonds. The monoisotopic (exact) mass is 313 g/mol. The second-order valence-corrected chi connectivity index (χ2v) is 5.45. The van der Waals surface area contributed by atoms with E-state index >= 15 is 0 Å². The standard InChI is InChI=1S/C12H16BrN3O2/c13-10-6-9(16(17)18)4-5-12(10)15-11-3-1-2-8(11)7-14/h4-6,8,11,15H,1-3,7,14H2. The van der Waals surface area contributed by atoms with Gasteiger partial charge >= 0.3 is 0 Å². The molecule has 0 aliphatic heterocycles. The highest BCUT2D eigenvalue weighted by Gasteiger charge is 2.26. The van der Waals surface area contributed by atoms with Gasteiger partial charge in [0.2, 0.25) is 0 Å². The molecule has 2 atom stereocenters. The highest BCUT2D eigenvalue weighted by molar-refractivity contribution is 9.10. The van der Waals surface area contributed by atoms with Crippen molar-refractivity contribution in [1.29, 1.82) is 0 Å². The Morgan fingerprint density at radius 2 is 2.28 bits per heavy atom. The zero-order valence-corrected chi connectivity index (χ0v) is 11.5. The summed E-state index contributed by atoms with van der Waals surface area (Å²) in [5, 5.41) is 14.1. The van der Waals surface area contributed by atoms with Crippen LogP contribution in [0.1, 0.15) is 19.3 Å². The Labute approximate surface area is 114 Å². The molecule has 0 spiro atoms. The van der Waals surface area contributed by atoms with Gasteiger partial charge in [-0.3, -0.25) is 10.1 Å². The predicted octanol–water partition coefficient (Wildman–Crippen LogP) is 2.90. The summed E-state index contributed by atoms with van der Waals surface area (Å²) in [4.78, 5) is 10.3. The van der Waals surface area contributed by atoms with E-state index in [0.717, 1.165) is 23.0 Å². The molecule has 0 radical (unpaired) electrons. The number of nitro benzene ring substituents is 1. The fourth-order valence-electron chi connectivity index (χ4n) is 2.44. The lowest BCUT2D eigenvalue weighted by molar-refractivity contribution is -0.384. The summed E-state index contributed by atoms with van der Waals surface area (Å²) < 4.78 is 0.722. The number of anilines is 1. The Balaban J connectivity index is 2.12. The first-order valence-electron chi connectivity index (χ1n) is 6.02. The van der Waals surface area contributed by atoms with Crippen LogP contribution >= 0.6 is 15.9 Å². The third-order valence-corrected chi connectivity index (χ3v) is 4.12. The van der Waals surface area contributed by atoms with Crippen LogP contribution in [-0.2, 0) is 0 Å². The number of nitrogens with two attached hydrogens (primary N) is 1. The summed E-state index contributed by atoms with van der Waals surface area (Å²) in [5.74, 6) is 0.493. The SMILES string of the molecule is NCC1CCCC1Nc1ccc([N+](=O)[O-])cc1Br. The number of rotatable bonds is 4. The molecule has 1 aliphatic rings. The van der Waals surface area contributed by atoms with Gasteiger partial charge in [0.05, 0.1) is 4.92 Å². The van der Waals surface area contributed by atoms with Gasteiger partial charge < -0.3 is 11.1 Å². The molecule has 0 heterocycles. The Kier molecular flexibility index (Phi) is 4.19. The number of nitrogens with zero attached hydrogens (tertiary/aromatic N) is 1. The normalized spacial score (nSPS) is 23.0. The van der Waals surface area contributed by atoms with Crippen LogP contribution in [0.5, 0.6) is 0 Å². The zero-order valence-electron chi connectivity index (χ0n) is 9.93. The fourth-order valence-corrected chi connectivity index (χ4v) is 2.92. The number of nitrogens with one attached hydrogen (secondary N) is 1. The van der Waals surface area contributed by atoms with Gasteiger partial charge in [0.1, 0.15) is 0 Å². The van der Waals surface area contributed by atoms with Gasteiger partial charge in [0, 0.05) is 28.3 Å². The van der Waals surface area contributed by atoms with Gasteiger partial charge in [-0.05, 0) is 47.3 Å². The molecule has 18 heavy (non-hydrogen) atoms. The average Bonchev–Trinajstić information content (AvgIpc) is 2.78. The molecule has 2 unspecified atom stereocenters. The van der Waals surface area contributed by atoms with Gasteiger partial charge in [0.15, 0.2) is 0 Å². The second kappa shape index (κ2) is 5.67. The smallest absolute Gasteiger partial charge is 0.270 e. The number of halogens is 1. The van der Waals surface area contributed by atoms with Crippen LogP contribution in [0, 0.1) is 16.0 Å². The van der Waals surface area contributed by atoms with E-state index in [1.807, 2.05) is 0 Å². The lowest BCUT2D eigenvalue weighted by Gasteiger charge is -2.21. The predicted molar refractivity (Wildman–Crippen MR) is 74.6 cm³/mol. The molecule has 1 aromatic rings. The third-order valence-electron chi connectivity index (χ3n) is 3.47. The van der Waals surface area contributed by atoms with Crippen molar-refractivity contribution < 1.29 is 4.92 Å². The van der Waals surface area contributed by atoms with Crippen LogP contribution in [-0.4, -0.2) is 17.5 Å². The summed E-state index contributed by atoms with van der Waals surface area (Å²) >= 11 is 3.37. The van der Waals surface area contributed by atoms with Crippen molar-refractivity contribution >= 4 is 27.3 Å². The molecule has 0 saturated heterocycles. The first-order valence-corrected chi connectivity index (χ1v) is 6.81. The van der Waals surface area contributed by atoms with Crippen molar-refractivity contribution in [3.63, 3.8) is 0 Å². The minimum atomic E-state index is -0.396. The molecule has 1 saturated carbocycles. The van der Waals surface area contributed by atoms with E-state index in [4.69, 9.17) is 5.73 Å². The van der Waals surface area contributed by atoms with Gasteiger partial charge in [-0.25, -0.2) is 0 Å². The lowest BCUT2D eigenvalue weighted by atomic mass is 10.0. The van der Waals surface area contributed by atoms with Crippen molar-refractivity contribution in [1.82, 2.24) is 0 Å². The summed E-state index contributed by atoms with van der Waals surface area (Å²) in [6.07, 6.45) is 3.44. The van der Waals surface area contributed by atoms with E-state index in [2.05, 4.69) is 21.2 Å². The average molecular weight is 314 g/mol. The Bertz CT molecular complexity index is 453. The summed E-state index contributed by atoms with van der Waals surface area (Å²) in [6.45, 7) is 0.683. The molecular formula is C12H16BrN3O2. The highest BCUT2D eigenvalue weighted by atomic mass is 79.9. The molecule has 1 aliphatic carbocycles. The molecule has 5 nitrogen and oxygen atoms in total. The van der Waals surface area contributed by atoms with Crippen LogP contribution in [0.15, 0.2) is 22.7 Å². The quantitative estimate of drug-likeness (QED) is 0.661. The first-order chi connectivity index (χ1) is 8.61. The van der Waals surface area contributed by atoms with Crippen molar-refractivity contribution in [3.8, 4) is 0 Å². The van der Waals surface area contributed by atoms with Crippen LogP contribution in [0.25, 0.3) is 0 Å². The maximum Gasteiger partial charge on any atom is 0.270 e. The van der Waals surface area contributed by atoms with E-state index in [1.54, 1.807) is 6.07 Å². The van der Waals surface area contributed by atoms with Crippen LogP contribution in [0.2, 0.25) is 0 Å². The van der Waals surface area contributed by atoms with Gasteiger partial charge in [0.25, 0.3) is 5.69 Å². The molecule has 1 fully saturated rings. The van der Waals surface area contributed by atoms with E-state index in [0.29, 0.717) is 18.5 Å². The van der Waals surface area contributed by atoms with Crippen molar-refractivity contribution in [2.45, 2.75) is 25.3 Å². The summed E-state index contributed by atoms with van der Waals surface area (Å²) in [5.41, 5.74) is 6.72. The minimum Gasteiger partial charge on any atom is -0.381 e. The zero-order chi connectivity index (χ0) is 13.1. The Morgan fingerprint density at radius 3 is 2.89 bits per heavy atom. The van der Waals surface area contributed by atoms with Crippen molar-refractivity contribution in [2.75, 3.05) is 11.9 Å². The van der Waals surface area contributed by atoms with Gasteiger partial charge in [-0.2, -0.15) is 0 Å². The fraction of sp³-hybridized carbons (Fsp3) is 0.500. The molecule has 98 valence electrons.